The molecular weight excluding hydrogens is 408 g/mol. The van der Waals surface area contributed by atoms with E-state index in [-0.39, 0.29) is 22.8 Å². The maximum absolute atomic E-state index is 13.5. The van der Waals surface area contributed by atoms with E-state index in [0.29, 0.717) is 11.1 Å². The molecule has 158 valence electrons. The number of aliphatic hydroxyl groups is 1. The predicted molar refractivity (Wildman–Crippen MR) is 118 cm³/mol. The van der Waals surface area contributed by atoms with Crippen LogP contribution >= 0.6 is 0 Å². The first kappa shape index (κ1) is 19.6. The van der Waals surface area contributed by atoms with E-state index in [4.69, 9.17) is 4.42 Å². The van der Waals surface area contributed by atoms with Crippen LogP contribution in [0.4, 0.5) is 5.69 Å². The van der Waals surface area contributed by atoms with Gasteiger partial charge >= 0.3 is 0 Å². The number of furan rings is 1. The summed E-state index contributed by atoms with van der Waals surface area (Å²) in [6.07, 6.45) is 3.07. The number of ketones is 1. The van der Waals surface area contributed by atoms with Gasteiger partial charge in [-0.2, -0.15) is 0 Å². The fraction of sp³-hybridized carbons (Fsp3) is 0.0800. The Labute approximate surface area is 182 Å². The molecule has 7 heteroatoms. The molecule has 1 aliphatic rings. The summed E-state index contributed by atoms with van der Waals surface area (Å²) in [5.74, 6) is -2.21. The highest BCUT2D eigenvalue weighted by molar-refractivity contribution is 6.21. The normalized spacial score (nSPS) is 16.2. The van der Waals surface area contributed by atoms with Crippen molar-refractivity contribution in [2.24, 2.45) is 0 Å². The molecule has 7 nitrogen and oxygen atoms in total. The largest absolute Gasteiger partial charge is 0.506 e. The van der Waals surface area contributed by atoms with E-state index in [2.05, 4.69) is 4.98 Å². The summed E-state index contributed by atoms with van der Waals surface area (Å²) in [4.78, 5) is 31.9. The number of aromatic hydroxyl groups is 1. The van der Waals surface area contributed by atoms with Gasteiger partial charge in [-0.25, -0.2) is 0 Å². The number of rotatable bonds is 4. The van der Waals surface area contributed by atoms with Gasteiger partial charge in [-0.05, 0) is 54.4 Å². The minimum Gasteiger partial charge on any atom is -0.506 e. The second kappa shape index (κ2) is 7.39. The molecule has 5 rings (SSSR count). The van der Waals surface area contributed by atoms with Crippen molar-refractivity contribution in [1.29, 1.82) is 0 Å². The second-order valence-electron chi connectivity index (χ2n) is 7.59. The lowest BCUT2D eigenvalue weighted by Gasteiger charge is -2.27. The SMILES string of the molecule is Cc1ccc(O)c(N2C(=O)C(O)=C(C(=O)c3cc4ccccc4o3)C2c2ccncc2)c1. The standard InChI is InChI=1S/C25H18N2O5/c1-14-6-7-18(28)17(12-14)27-22(15-8-10-26-11-9-15)21(24(30)25(27)31)23(29)20-13-16-4-2-3-5-19(16)32-20/h2-13,22,28,30H,1H3. The Hall–Kier alpha value is -4.39. The first-order chi connectivity index (χ1) is 15.5. The van der Waals surface area contributed by atoms with Gasteiger partial charge in [-0.3, -0.25) is 19.5 Å². The van der Waals surface area contributed by atoms with Crippen molar-refractivity contribution in [3.8, 4) is 5.75 Å². The lowest BCUT2D eigenvalue weighted by Crippen LogP contribution is -2.31. The first-order valence-corrected chi connectivity index (χ1v) is 9.95. The summed E-state index contributed by atoms with van der Waals surface area (Å²) < 4.78 is 5.71. The summed E-state index contributed by atoms with van der Waals surface area (Å²) in [5.41, 5.74) is 1.94. The third kappa shape index (κ3) is 3.02. The zero-order chi connectivity index (χ0) is 22.4. The molecule has 1 atom stereocenters. The number of carbonyl (C=O) groups excluding carboxylic acids is 2. The number of Topliss-reactive ketones (excluding diaryl/α,β-unsaturated/α-hetero) is 1. The number of aryl methyl sites for hydroxylation is 1. The van der Waals surface area contributed by atoms with Crippen LogP contribution in [0.25, 0.3) is 11.0 Å². The molecule has 2 aromatic heterocycles. The Balaban J connectivity index is 1.69. The molecule has 4 aromatic rings. The van der Waals surface area contributed by atoms with Gasteiger partial charge in [0.05, 0.1) is 17.3 Å². The zero-order valence-electron chi connectivity index (χ0n) is 17.0. The fourth-order valence-electron chi connectivity index (χ4n) is 4.00. The Morgan fingerprint density at radius 3 is 2.53 bits per heavy atom. The second-order valence-corrected chi connectivity index (χ2v) is 7.59. The highest BCUT2D eigenvalue weighted by Gasteiger charge is 2.46. The first-order valence-electron chi connectivity index (χ1n) is 9.95. The van der Waals surface area contributed by atoms with E-state index in [1.54, 1.807) is 48.5 Å². The van der Waals surface area contributed by atoms with E-state index in [9.17, 15) is 19.8 Å². The number of fused-ring (bicyclic) bond motifs is 1. The quantitative estimate of drug-likeness (QED) is 0.461. The molecule has 0 radical (unpaired) electrons. The van der Waals surface area contributed by atoms with Crippen LogP contribution in [0.15, 0.2) is 88.8 Å². The number of phenolic OH excluding ortho intramolecular Hbond substituents is 1. The predicted octanol–water partition coefficient (Wildman–Crippen LogP) is 4.62. The maximum atomic E-state index is 13.5. The molecular formula is C25H18N2O5. The maximum Gasteiger partial charge on any atom is 0.294 e. The number of phenols is 1. The van der Waals surface area contributed by atoms with Crippen molar-refractivity contribution in [3.63, 3.8) is 0 Å². The zero-order valence-corrected chi connectivity index (χ0v) is 17.0. The third-order valence-corrected chi connectivity index (χ3v) is 5.51. The van der Waals surface area contributed by atoms with Crippen LogP contribution in [0.1, 0.15) is 27.7 Å². The van der Waals surface area contributed by atoms with E-state index in [1.165, 1.54) is 23.4 Å². The van der Waals surface area contributed by atoms with Crippen molar-refractivity contribution in [3.05, 3.63) is 101 Å². The molecule has 1 amide bonds. The number of aliphatic hydroxyl groups excluding tert-OH is 1. The minimum absolute atomic E-state index is 0.00919. The molecule has 32 heavy (non-hydrogen) atoms. The molecule has 0 bridgehead atoms. The molecule has 0 saturated heterocycles. The van der Waals surface area contributed by atoms with Gasteiger partial charge in [-0.15, -0.1) is 0 Å². The van der Waals surface area contributed by atoms with Crippen LogP contribution in [0.2, 0.25) is 0 Å². The number of anilines is 1. The number of benzene rings is 2. The average molecular weight is 426 g/mol. The summed E-state index contributed by atoms with van der Waals surface area (Å²) in [6.45, 7) is 1.82. The molecule has 3 heterocycles. The Morgan fingerprint density at radius 2 is 1.78 bits per heavy atom. The van der Waals surface area contributed by atoms with Crippen LogP contribution in [0.5, 0.6) is 5.75 Å². The van der Waals surface area contributed by atoms with Crippen LogP contribution in [0, 0.1) is 6.92 Å². The highest BCUT2D eigenvalue weighted by Crippen LogP contribution is 2.45. The number of hydrogen-bond acceptors (Lipinski definition) is 6. The van der Waals surface area contributed by atoms with Crippen LogP contribution in [0.3, 0.4) is 0 Å². The summed E-state index contributed by atoms with van der Waals surface area (Å²) in [5, 5.41) is 22.0. The molecule has 1 aliphatic heterocycles. The molecule has 0 saturated carbocycles. The average Bonchev–Trinajstić information content (AvgIpc) is 3.35. The van der Waals surface area contributed by atoms with Crippen molar-refractivity contribution < 1.29 is 24.2 Å². The lowest BCUT2D eigenvalue weighted by molar-refractivity contribution is -0.117. The van der Waals surface area contributed by atoms with Gasteiger partial charge in [0.25, 0.3) is 5.91 Å². The Morgan fingerprint density at radius 1 is 1.03 bits per heavy atom. The van der Waals surface area contributed by atoms with Crippen molar-refractivity contribution in [2.45, 2.75) is 13.0 Å². The smallest absolute Gasteiger partial charge is 0.294 e. The Kier molecular flexibility index (Phi) is 4.52. The van der Waals surface area contributed by atoms with Crippen molar-refractivity contribution in [2.75, 3.05) is 4.90 Å². The van der Waals surface area contributed by atoms with Crippen LogP contribution in [-0.4, -0.2) is 26.9 Å². The molecule has 0 spiro atoms. The number of nitrogens with zero attached hydrogens (tertiary/aromatic N) is 2. The molecule has 2 aromatic carbocycles. The monoisotopic (exact) mass is 426 g/mol. The number of carbonyl (C=O) groups is 2. The van der Waals surface area contributed by atoms with Gasteiger partial charge in [-0.1, -0.05) is 24.3 Å². The van der Waals surface area contributed by atoms with E-state index in [0.717, 1.165) is 10.9 Å². The summed E-state index contributed by atoms with van der Waals surface area (Å²) >= 11 is 0. The summed E-state index contributed by atoms with van der Waals surface area (Å²) in [6, 6.07) is 15.9. The van der Waals surface area contributed by atoms with E-state index < -0.39 is 23.5 Å². The topological polar surface area (TPSA) is 104 Å². The van der Waals surface area contributed by atoms with Crippen molar-refractivity contribution >= 4 is 28.3 Å². The van der Waals surface area contributed by atoms with Crippen LogP contribution in [-0.2, 0) is 4.79 Å². The van der Waals surface area contributed by atoms with Gasteiger partial charge < -0.3 is 14.6 Å². The van der Waals surface area contributed by atoms with Crippen LogP contribution < -0.4 is 4.90 Å². The van der Waals surface area contributed by atoms with Crippen molar-refractivity contribution in [1.82, 2.24) is 4.98 Å². The van der Waals surface area contributed by atoms with Gasteiger partial charge in [0, 0.05) is 17.8 Å². The molecule has 1 unspecified atom stereocenters. The Bertz CT molecular complexity index is 1370. The number of amides is 1. The molecule has 0 fully saturated rings. The fourth-order valence-corrected chi connectivity index (χ4v) is 4.00. The number of hydrogen-bond donors (Lipinski definition) is 2. The molecule has 2 N–H and O–H groups in total. The van der Waals surface area contributed by atoms with E-state index >= 15 is 0 Å². The van der Waals surface area contributed by atoms with Gasteiger partial charge in [0.1, 0.15) is 11.3 Å². The van der Waals surface area contributed by atoms with Gasteiger partial charge in [0.2, 0.25) is 5.78 Å². The number of aromatic nitrogens is 1. The van der Waals surface area contributed by atoms with E-state index in [1.807, 2.05) is 13.0 Å². The molecule has 0 aliphatic carbocycles. The third-order valence-electron chi connectivity index (χ3n) is 5.51. The minimum atomic E-state index is -0.973. The van der Waals surface area contributed by atoms with Gasteiger partial charge in [0.15, 0.2) is 11.5 Å². The number of pyridine rings is 1. The number of para-hydroxylation sites is 1. The lowest BCUT2D eigenvalue weighted by atomic mass is 9.95. The highest BCUT2D eigenvalue weighted by atomic mass is 16.3. The summed E-state index contributed by atoms with van der Waals surface area (Å²) in [7, 11) is 0.